The van der Waals surface area contributed by atoms with Crippen LogP contribution in [0.2, 0.25) is 0 Å². The Morgan fingerprint density at radius 2 is 2.27 bits per heavy atom. The van der Waals surface area contributed by atoms with Gasteiger partial charge < -0.3 is 10.1 Å². The van der Waals surface area contributed by atoms with E-state index in [-0.39, 0.29) is 0 Å². The Kier molecular flexibility index (Phi) is 4.91. The van der Waals surface area contributed by atoms with Gasteiger partial charge in [-0.3, -0.25) is 0 Å². The van der Waals surface area contributed by atoms with Crippen LogP contribution in [0.1, 0.15) is 18.1 Å². The van der Waals surface area contributed by atoms with Gasteiger partial charge in [0.1, 0.15) is 5.75 Å². The summed E-state index contributed by atoms with van der Waals surface area (Å²) in [6.07, 6.45) is 1.86. The van der Waals surface area contributed by atoms with Gasteiger partial charge in [0.15, 0.2) is 0 Å². The molecule has 0 aromatic heterocycles. The number of rotatable bonds is 6. The van der Waals surface area contributed by atoms with E-state index in [0.717, 1.165) is 18.8 Å². The molecule has 1 aromatic carbocycles. The molecule has 0 fully saturated rings. The van der Waals surface area contributed by atoms with Gasteiger partial charge in [0.05, 0.1) is 6.61 Å². The van der Waals surface area contributed by atoms with Crippen LogP contribution >= 0.6 is 0 Å². The lowest BCUT2D eigenvalue weighted by atomic mass is 10.1. The minimum absolute atomic E-state index is 0.708. The molecule has 0 saturated heterocycles. The molecule has 0 aliphatic heterocycles. The summed E-state index contributed by atoms with van der Waals surface area (Å²) in [7, 11) is 0. The van der Waals surface area contributed by atoms with Crippen molar-refractivity contribution in [1.82, 2.24) is 5.32 Å². The standard InChI is InChI=1S/C13H19NO/c1-4-9-14-10-12-8-6-7-11(3)13(12)15-5-2/h4,6-8,14H,1,5,9-10H2,2-3H3. The first-order chi connectivity index (χ1) is 7.29. The van der Waals surface area contributed by atoms with Gasteiger partial charge >= 0.3 is 0 Å². The highest BCUT2D eigenvalue weighted by atomic mass is 16.5. The minimum atomic E-state index is 0.708. The Balaban J connectivity index is 2.75. The first-order valence-corrected chi connectivity index (χ1v) is 5.32. The van der Waals surface area contributed by atoms with E-state index in [2.05, 4.69) is 37.0 Å². The van der Waals surface area contributed by atoms with Crippen molar-refractivity contribution in [1.29, 1.82) is 0 Å². The van der Waals surface area contributed by atoms with E-state index in [1.54, 1.807) is 0 Å². The lowest BCUT2D eigenvalue weighted by Crippen LogP contribution is -2.14. The molecule has 1 N–H and O–H groups in total. The number of nitrogens with one attached hydrogen (secondary N) is 1. The molecule has 0 radical (unpaired) electrons. The number of para-hydroxylation sites is 1. The van der Waals surface area contributed by atoms with E-state index in [9.17, 15) is 0 Å². The van der Waals surface area contributed by atoms with E-state index in [1.165, 1.54) is 11.1 Å². The van der Waals surface area contributed by atoms with Crippen LogP contribution in [0.5, 0.6) is 5.75 Å². The molecule has 0 saturated carbocycles. The first-order valence-electron chi connectivity index (χ1n) is 5.32. The third-order valence-electron chi connectivity index (χ3n) is 2.19. The smallest absolute Gasteiger partial charge is 0.126 e. The quantitative estimate of drug-likeness (QED) is 0.569. The molecule has 0 spiro atoms. The van der Waals surface area contributed by atoms with E-state index < -0.39 is 0 Å². The van der Waals surface area contributed by atoms with E-state index in [0.29, 0.717) is 6.61 Å². The van der Waals surface area contributed by atoms with Gasteiger partial charge in [-0.15, -0.1) is 6.58 Å². The number of hydrogen-bond donors (Lipinski definition) is 1. The first kappa shape index (κ1) is 11.8. The highest BCUT2D eigenvalue weighted by Gasteiger charge is 2.05. The Hall–Kier alpha value is -1.28. The summed E-state index contributed by atoms with van der Waals surface area (Å²) in [5.74, 6) is 1.01. The van der Waals surface area contributed by atoms with Crippen LogP contribution in [0.15, 0.2) is 30.9 Å². The second-order valence-corrected chi connectivity index (χ2v) is 3.42. The molecule has 82 valence electrons. The molecule has 1 aromatic rings. The third kappa shape index (κ3) is 3.40. The highest BCUT2D eigenvalue weighted by Crippen LogP contribution is 2.23. The number of hydrogen-bond acceptors (Lipinski definition) is 2. The van der Waals surface area contributed by atoms with Crippen LogP contribution in [-0.4, -0.2) is 13.2 Å². The Morgan fingerprint density at radius 3 is 2.93 bits per heavy atom. The van der Waals surface area contributed by atoms with Crippen molar-refractivity contribution >= 4 is 0 Å². The largest absolute Gasteiger partial charge is 0.493 e. The summed E-state index contributed by atoms with van der Waals surface area (Å²) in [6, 6.07) is 6.22. The zero-order chi connectivity index (χ0) is 11.1. The molecule has 0 unspecified atom stereocenters. The second kappa shape index (κ2) is 6.25. The lowest BCUT2D eigenvalue weighted by molar-refractivity contribution is 0.333. The van der Waals surface area contributed by atoms with Crippen molar-refractivity contribution in [2.75, 3.05) is 13.2 Å². The van der Waals surface area contributed by atoms with Gasteiger partial charge in [0.25, 0.3) is 0 Å². The summed E-state index contributed by atoms with van der Waals surface area (Å²) in [4.78, 5) is 0. The molecule has 0 aliphatic rings. The summed E-state index contributed by atoms with van der Waals surface area (Å²) < 4.78 is 5.63. The van der Waals surface area contributed by atoms with Gasteiger partial charge in [-0.1, -0.05) is 24.3 Å². The van der Waals surface area contributed by atoms with Gasteiger partial charge in [-0.25, -0.2) is 0 Å². The predicted molar refractivity (Wildman–Crippen MR) is 64.3 cm³/mol. The maximum atomic E-state index is 5.63. The van der Waals surface area contributed by atoms with Crippen LogP contribution in [0.3, 0.4) is 0 Å². The Labute approximate surface area is 92.0 Å². The molecule has 0 heterocycles. The zero-order valence-electron chi connectivity index (χ0n) is 9.55. The average molecular weight is 205 g/mol. The van der Waals surface area contributed by atoms with Crippen molar-refractivity contribution < 1.29 is 4.74 Å². The normalized spacial score (nSPS) is 10.0. The second-order valence-electron chi connectivity index (χ2n) is 3.42. The van der Waals surface area contributed by atoms with E-state index in [1.807, 2.05) is 13.0 Å². The maximum Gasteiger partial charge on any atom is 0.126 e. The molecule has 0 amide bonds. The molecule has 0 aliphatic carbocycles. The van der Waals surface area contributed by atoms with Crippen molar-refractivity contribution in [3.05, 3.63) is 42.0 Å². The van der Waals surface area contributed by atoms with E-state index in [4.69, 9.17) is 4.74 Å². The van der Waals surface area contributed by atoms with Crippen LogP contribution in [-0.2, 0) is 6.54 Å². The topological polar surface area (TPSA) is 21.3 Å². The molecule has 2 nitrogen and oxygen atoms in total. The van der Waals surface area contributed by atoms with Crippen LogP contribution in [0.25, 0.3) is 0 Å². The Bertz CT molecular complexity index is 320. The van der Waals surface area contributed by atoms with E-state index >= 15 is 0 Å². The lowest BCUT2D eigenvalue weighted by Gasteiger charge is -2.12. The zero-order valence-corrected chi connectivity index (χ0v) is 9.55. The van der Waals surface area contributed by atoms with Crippen LogP contribution in [0.4, 0.5) is 0 Å². The summed E-state index contributed by atoms with van der Waals surface area (Å²) >= 11 is 0. The van der Waals surface area contributed by atoms with Crippen LogP contribution in [0, 0.1) is 6.92 Å². The van der Waals surface area contributed by atoms with Crippen molar-refractivity contribution in [3.63, 3.8) is 0 Å². The molecule has 15 heavy (non-hydrogen) atoms. The highest BCUT2D eigenvalue weighted by molar-refractivity contribution is 5.40. The summed E-state index contributed by atoms with van der Waals surface area (Å²) in [6.45, 7) is 10.1. The van der Waals surface area contributed by atoms with Gasteiger partial charge in [-0.2, -0.15) is 0 Å². The predicted octanol–water partition coefficient (Wildman–Crippen LogP) is 2.67. The third-order valence-corrected chi connectivity index (χ3v) is 2.19. The van der Waals surface area contributed by atoms with Gasteiger partial charge in [-0.05, 0) is 19.4 Å². The van der Waals surface area contributed by atoms with Crippen molar-refractivity contribution in [2.45, 2.75) is 20.4 Å². The molecule has 0 atom stereocenters. The molecule has 0 bridgehead atoms. The fourth-order valence-electron chi connectivity index (χ4n) is 1.51. The fourth-order valence-corrected chi connectivity index (χ4v) is 1.51. The molecular formula is C13H19NO. The average Bonchev–Trinajstić information content (AvgIpc) is 2.23. The summed E-state index contributed by atoms with van der Waals surface area (Å²) in [5, 5.41) is 3.28. The van der Waals surface area contributed by atoms with Crippen molar-refractivity contribution in [3.8, 4) is 5.75 Å². The molecule has 2 heteroatoms. The molecule has 1 rings (SSSR count). The van der Waals surface area contributed by atoms with Gasteiger partial charge in [0.2, 0.25) is 0 Å². The van der Waals surface area contributed by atoms with Gasteiger partial charge in [0, 0.05) is 18.7 Å². The number of aryl methyl sites for hydroxylation is 1. The SMILES string of the molecule is C=CCNCc1cccc(C)c1OCC. The van der Waals surface area contributed by atoms with Crippen LogP contribution < -0.4 is 10.1 Å². The minimum Gasteiger partial charge on any atom is -0.493 e. The summed E-state index contributed by atoms with van der Waals surface area (Å²) in [5.41, 5.74) is 2.40. The Morgan fingerprint density at radius 1 is 1.47 bits per heavy atom. The number of ether oxygens (including phenoxy) is 1. The monoisotopic (exact) mass is 205 g/mol. The van der Waals surface area contributed by atoms with Crippen molar-refractivity contribution in [2.24, 2.45) is 0 Å². The number of benzene rings is 1. The maximum absolute atomic E-state index is 5.63. The fraction of sp³-hybridized carbons (Fsp3) is 0.385. The molecular weight excluding hydrogens is 186 g/mol.